The van der Waals surface area contributed by atoms with Crippen LogP contribution in [0.2, 0.25) is 5.15 Å². The minimum atomic E-state index is -4.36. The number of carbonyl (C=O) groups excluding carboxylic acids is 1. The van der Waals surface area contributed by atoms with Gasteiger partial charge in [-0.1, -0.05) is 29.3 Å². The smallest absolute Gasteiger partial charge is 0.371 e. The lowest BCUT2D eigenvalue weighted by atomic mass is 10.2. The summed E-state index contributed by atoms with van der Waals surface area (Å²) in [5.41, 5.74) is 3.20. The van der Waals surface area contributed by atoms with Crippen molar-refractivity contribution in [3.8, 4) is 0 Å². The molecule has 1 aromatic carbocycles. The van der Waals surface area contributed by atoms with Gasteiger partial charge in [0.25, 0.3) is 5.04 Å². The molecule has 2 rings (SSSR count). The Morgan fingerprint density at radius 1 is 1.19 bits per heavy atom. The van der Waals surface area contributed by atoms with Gasteiger partial charge in [0.1, 0.15) is 15.6 Å². The number of hydrazone groups is 1. The van der Waals surface area contributed by atoms with E-state index in [2.05, 4.69) is 15.5 Å². The van der Waals surface area contributed by atoms with E-state index in [1.165, 1.54) is 18.3 Å². The molecular formula is C18H20ClN3O4S. The second-order valence-electron chi connectivity index (χ2n) is 6.69. The number of anilines is 1. The largest absolute Gasteiger partial charge is 0.455 e. The lowest BCUT2D eigenvalue weighted by Crippen LogP contribution is -2.34. The Hall–Kier alpha value is -2.45. The first-order valence-corrected chi connectivity index (χ1v) is 9.86. The van der Waals surface area contributed by atoms with Gasteiger partial charge in [-0.15, -0.1) is 0 Å². The summed E-state index contributed by atoms with van der Waals surface area (Å²) in [4.78, 5) is 15.9. The number of benzene rings is 1. The van der Waals surface area contributed by atoms with E-state index in [-0.39, 0.29) is 10.0 Å². The molecule has 1 N–H and O–H groups in total. The highest BCUT2D eigenvalue weighted by Gasteiger charge is 2.35. The summed E-state index contributed by atoms with van der Waals surface area (Å²) in [6.07, 6.45) is 1.34. The fraction of sp³-hybridized carbons (Fsp3) is 0.278. The van der Waals surface area contributed by atoms with E-state index < -0.39 is 26.5 Å². The third-order valence-electron chi connectivity index (χ3n) is 3.18. The number of nitrogens with one attached hydrogen (secondary N) is 1. The van der Waals surface area contributed by atoms with Crippen molar-refractivity contribution in [3.63, 3.8) is 0 Å². The van der Waals surface area contributed by atoms with Crippen molar-refractivity contribution in [2.75, 3.05) is 5.43 Å². The van der Waals surface area contributed by atoms with Crippen LogP contribution in [-0.4, -0.2) is 30.0 Å². The lowest BCUT2D eigenvalue weighted by molar-refractivity contribution is -0.145. The highest BCUT2D eigenvalue weighted by molar-refractivity contribution is 8.08. The Labute approximate surface area is 163 Å². The van der Waals surface area contributed by atoms with Crippen molar-refractivity contribution in [2.45, 2.75) is 38.2 Å². The maximum absolute atomic E-state index is 13.0. The predicted molar refractivity (Wildman–Crippen MR) is 105 cm³/mol. The normalized spacial score (nSPS) is 12.6. The van der Waals surface area contributed by atoms with Gasteiger partial charge in [0.05, 0.1) is 5.69 Å². The van der Waals surface area contributed by atoms with Gasteiger partial charge in [-0.05, 0) is 52.0 Å². The zero-order chi connectivity index (χ0) is 20.2. The van der Waals surface area contributed by atoms with Gasteiger partial charge in [-0.25, -0.2) is 18.2 Å². The van der Waals surface area contributed by atoms with Crippen LogP contribution in [0, 0.1) is 6.92 Å². The average molecular weight is 410 g/mol. The summed E-state index contributed by atoms with van der Waals surface area (Å²) in [5.74, 6) is -1.10. The highest BCUT2D eigenvalue weighted by atomic mass is 35.5. The first-order chi connectivity index (χ1) is 12.5. The van der Waals surface area contributed by atoms with Crippen molar-refractivity contribution in [1.29, 1.82) is 0 Å². The standard InChI is InChI=1S/C18H20ClN3O4S/c1-12-7-9-13(10-8-12)21-22-16(17(23)26-18(2,3)4)27(24,25)14-6-5-11-20-15(14)19/h5-11,21H,1-4H3. The average Bonchev–Trinajstić information content (AvgIpc) is 2.55. The second kappa shape index (κ2) is 8.06. The second-order valence-corrected chi connectivity index (χ2v) is 8.88. The van der Waals surface area contributed by atoms with Crippen LogP contribution in [0.25, 0.3) is 0 Å². The number of halogens is 1. The quantitative estimate of drug-likeness (QED) is 0.273. The Kier molecular flexibility index (Phi) is 6.22. The zero-order valence-corrected chi connectivity index (χ0v) is 16.9. The van der Waals surface area contributed by atoms with Gasteiger partial charge >= 0.3 is 5.97 Å². The Balaban J connectivity index is 2.49. The first kappa shape index (κ1) is 20.9. The summed E-state index contributed by atoms with van der Waals surface area (Å²) < 4.78 is 31.1. The van der Waals surface area contributed by atoms with Crippen molar-refractivity contribution in [1.82, 2.24) is 4.98 Å². The summed E-state index contributed by atoms with van der Waals surface area (Å²) >= 11 is 5.91. The van der Waals surface area contributed by atoms with Crippen LogP contribution in [0.3, 0.4) is 0 Å². The molecule has 0 radical (unpaired) electrons. The molecule has 2 aromatic rings. The molecule has 9 heteroatoms. The molecule has 7 nitrogen and oxygen atoms in total. The van der Waals surface area contributed by atoms with Gasteiger partial charge in [-0.3, -0.25) is 5.43 Å². The van der Waals surface area contributed by atoms with Crippen LogP contribution < -0.4 is 5.43 Å². The summed E-state index contributed by atoms with van der Waals surface area (Å²) in [5, 5.41) is 2.74. The van der Waals surface area contributed by atoms with E-state index >= 15 is 0 Å². The summed E-state index contributed by atoms with van der Waals surface area (Å²) in [6.45, 7) is 6.78. The SMILES string of the molecule is Cc1ccc(NN=C(C(=O)OC(C)(C)C)S(=O)(=O)c2cccnc2Cl)cc1. The number of carbonyl (C=O) groups is 1. The van der Waals surface area contributed by atoms with Gasteiger partial charge in [-0.2, -0.15) is 5.10 Å². The number of ether oxygens (including phenoxy) is 1. The Morgan fingerprint density at radius 3 is 2.37 bits per heavy atom. The minimum Gasteiger partial charge on any atom is -0.455 e. The molecule has 27 heavy (non-hydrogen) atoms. The van der Waals surface area contributed by atoms with Crippen LogP contribution >= 0.6 is 11.6 Å². The number of hydrogen-bond donors (Lipinski definition) is 1. The van der Waals surface area contributed by atoms with E-state index in [0.29, 0.717) is 5.69 Å². The molecule has 0 aliphatic rings. The van der Waals surface area contributed by atoms with E-state index in [1.54, 1.807) is 32.9 Å². The topological polar surface area (TPSA) is 97.7 Å². The molecule has 0 bridgehead atoms. The molecule has 0 saturated carbocycles. The number of aromatic nitrogens is 1. The number of rotatable bonds is 3. The lowest BCUT2D eigenvalue weighted by Gasteiger charge is -2.20. The maximum Gasteiger partial charge on any atom is 0.371 e. The molecule has 144 valence electrons. The van der Waals surface area contributed by atoms with Gasteiger partial charge in [0.2, 0.25) is 9.84 Å². The summed E-state index contributed by atoms with van der Waals surface area (Å²) in [6, 6.07) is 9.69. The van der Waals surface area contributed by atoms with Gasteiger partial charge in [0, 0.05) is 6.20 Å². The molecule has 0 saturated heterocycles. The van der Waals surface area contributed by atoms with E-state index in [9.17, 15) is 13.2 Å². The third-order valence-corrected chi connectivity index (χ3v) is 5.27. The van der Waals surface area contributed by atoms with Crippen LogP contribution in [0.1, 0.15) is 26.3 Å². The Bertz CT molecular complexity index is 965. The fourth-order valence-corrected chi connectivity index (χ4v) is 3.55. The first-order valence-electron chi connectivity index (χ1n) is 8.00. The zero-order valence-electron chi connectivity index (χ0n) is 15.4. The molecule has 0 spiro atoms. The number of nitrogens with zero attached hydrogens (tertiary/aromatic N) is 2. The molecule has 0 atom stereocenters. The Morgan fingerprint density at radius 2 is 1.81 bits per heavy atom. The molecule has 0 amide bonds. The number of aryl methyl sites for hydroxylation is 1. The molecule has 0 fully saturated rings. The van der Waals surface area contributed by atoms with Crippen LogP contribution in [-0.2, 0) is 19.4 Å². The van der Waals surface area contributed by atoms with Crippen molar-refractivity contribution in [2.24, 2.45) is 5.10 Å². The molecule has 1 heterocycles. The third kappa shape index (κ3) is 5.51. The molecule has 0 unspecified atom stereocenters. The van der Waals surface area contributed by atoms with E-state index in [4.69, 9.17) is 16.3 Å². The number of sulfone groups is 1. The van der Waals surface area contributed by atoms with Gasteiger partial charge in [0.15, 0.2) is 0 Å². The number of pyridine rings is 1. The van der Waals surface area contributed by atoms with Crippen molar-refractivity contribution < 1.29 is 17.9 Å². The van der Waals surface area contributed by atoms with Crippen LogP contribution in [0.5, 0.6) is 0 Å². The summed E-state index contributed by atoms with van der Waals surface area (Å²) in [7, 11) is -4.36. The molecular weight excluding hydrogens is 390 g/mol. The molecule has 0 aliphatic carbocycles. The number of hydrogen-bond acceptors (Lipinski definition) is 7. The van der Waals surface area contributed by atoms with Crippen LogP contribution in [0.4, 0.5) is 5.69 Å². The maximum atomic E-state index is 13.0. The predicted octanol–water partition coefficient (Wildman–Crippen LogP) is 3.58. The van der Waals surface area contributed by atoms with Crippen LogP contribution in [0.15, 0.2) is 52.6 Å². The molecule has 0 aliphatic heterocycles. The van der Waals surface area contributed by atoms with Crippen molar-refractivity contribution in [3.05, 3.63) is 53.3 Å². The van der Waals surface area contributed by atoms with E-state index in [1.807, 2.05) is 19.1 Å². The highest BCUT2D eigenvalue weighted by Crippen LogP contribution is 2.22. The van der Waals surface area contributed by atoms with Crippen molar-refractivity contribution >= 4 is 38.1 Å². The van der Waals surface area contributed by atoms with E-state index in [0.717, 1.165) is 5.56 Å². The monoisotopic (exact) mass is 409 g/mol. The number of esters is 1. The molecule has 1 aromatic heterocycles. The van der Waals surface area contributed by atoms with Gasteiger partial charge < -0.3 is 4.74 Å². The fourth-order valence-electron chi connectivity index (χ4n) is 1.96. The minimum absolute atomic E-state index is 0.260.